The van der Waals surface area contributed by atoms with Crippen molar-refractivity contribution >= 4 is 28.9 Å². The van der Waals surface area contributed by atoms with Crippen molar-refractivity contribution in [2.75, 3.05) is 10.6 Å². The molecular weight excluding hydrogens is 346 g/mol. The van der Waals surface area contributed by atoms with E-state index in [-0.39, 0.29) is 35.0 Å². The predicted molar refractivity (Wildman–Crippen MR) is 104 cm³/mol. The van der Waals surface area contributed by atoms with Gasteiger partial charge < -0.3 is 10.6 Å². The van der Waals surface area contributed by atoms with Crippen LogP contribution in [0.1, 0.15) is 64.2 Å². The maximum atomic E-state index is 12.5. The summed E-state index contributed by atoms with van der Waals surface area (Å²) in [4.78, 5) is 35.8. The number of benzene rings is 1. The van der Waals surface area contributed by atoms with E-state index in [2.05, 4.69) is 10.6 Å². The number of carbonyl (C=O) groups excluding carboxylic acids is 2. The first kappa shape index (κ1) is 19.3. The minimum absolute atomic E-state index is 0.00535. The number of rotatable bonds is 5. The van der Waals surface area contributed by atoms with Crippen molar-refractivity contribution in [3.8, 4) is 0 Å². The second-order valence-corrected chi connectivity index (χ2v) is 7.64. The smallest absolute Gasteiger partial charge is 0.292 e. The largest absolute Gasteiger partial charge is 0.326 e. The van der Waals surface area contributed by atoms with Gasteiger partial charge in [0, 0.05) is 23.6 Å². The van der Waals surface area contributed by atoms with Gasteiger partial charge in [-0.1, -0.05) is 38.5 Å². The van der Waals surface area contributed by atoms with E-state index in [0.717, 1.165) is 57.8 Å². The molecule has 0 aromatic heterocycles. The topological polar surface area (TPSA) is 101 Å². The standard InChI is InChI=1S/C20H27N3O4/c24-19(14-7-3-1-4-8-14)21-16-11-12-18(23(26)27)17(13-16)22-20(25)15-9-5-2-6-10-15/h11-15H,1-10H2,(H,21,24)(H,22,25). The number of nitro groups is 1. The average molecular weight is 373 g/mol. The fourth-order valence-electron chi connectivity index (χ4n) is 4.08. The Labute approximate surface area is 159 Å². The molecule has 2 saturated carbocycles. The van der Waals surface area contributed by atoms with Gasteiger partial charge in [0.05, 0.1) is 4.92 Å². The van der Waals surface area contributed by atoms with Gasteiger partial charge in [0.25, 0.3) is 5.69 Å². The molecule has 0 atom stereocenters. The van der Waals surface area contributed by atoms with Gasteiger partial charge in [-0.15, -0.1) is 0 Å². The summed E-state index contributed by atoms with van der Waals surface area (Å²) in [5.74, 6) is -0.324. The van der Waals surface area contributed by atoms with Crippen LogP contribution < -0.4 is 10.6 Å². The fraction of sp³-hybridized carbons (Fsp3) is 0.600. The summed E-state index contributed by atoms with van der Waals surface area (Å²) in [6.45, 7) is 0. The quantitative estimate of drug-likeness (QED) is 0.580. The SMILES string of the molecule is O=C(Nc1ccc([N+](=O)[O-])c(NC(=O)C2CCCCC2)c1)C1CCCCC1. The molecule has 0 saturated heterocycles. The second-order valence-electron chi connectivity index (χ2n) is 7.64. The van der Waals surface area contributed by atoms with E-state index >= 15 is 0 Å². The minimum atomic E-state index is -0.511. The van der Waals surface area contributed by atoms with Crippen LogP contribution in [-0.4, -0.2) is 16.7 Å². The lowest BCUT2D eigenvalue weighted by Gasteiger charge is -2.22. The normalized spacial score (nSPS) is 18.7. The van der Waals surface area contributed by atoms with Gasteiger partial charge in [-0.3, -0.25) is 19.7 Å². The molecule has 7 nitrogen and oxygen atoms in total. The molecule has 2 aliphatic carbocycles. The van der Waals surface area contributed by atoms with Crippen molar-refractivity contribution in [2.24, 2.45) is 11.8 Å². The Morgan fingerprint density at radius 3 is 1.89 bits per heavy atom. The number of nitrogens with one attached hydrogen (secondary N) is 2. The molecule has 27 heavy (non-hydrogen) atoms. The third-order valence-electron chi connectivity index (χ3n) is 5.67. The van der Waals surface area contributed by atoms with E-state index < -0.39 is 4.92 Å². The molecular formula is C20H27N3O4. The van der Waals surface area contributed by atoms with Crippen LogP contribution in [0.4, 0.5) is 17.1 Å². The molecule has 146 valence electrons. The van der Waals surface area contributed by atoms with Crippen LogP contribution in [0.15, 0.2) is 18.2 Å². The molecule has 2 aliphatic rings. The van der Waals surface area contributed by atoms with Crippen molar-refractivity contribution in [1.82, 2.24) is 0 Å². The predicted octanol–water partition coefficient (Wildman–Crippen LogP) is 4.63. The second kappa shape index (κ2) is 8.97. The van der Waals surface area contributed by atoms with Crippen molar-refractivity contribution in [2.45, 2.75) is 64.2 Å². The van der Waals surface area contributed by atoms with Gasteiger partial charge in [0.1, 0.15) is 5.69 Å². The monoisotopic (exact) mass is 373 g/mol. The van der Waals surface area contributed by atoms with Crippen LogP contribution in [0.5, 0.6) is 0 Å². The van der Waals surface area contributed by atoms with Gasteiger partial charge >= 0.3 is 0 Å². The summed E-state index contributed by atoms with van der Waals surface area (Å²) < 4.78 is 0. The molecule has 1 aromatic carbocycles. The van der Waals surface area contributed by atoms with E-state index in [4.69, 9.17) is 0 Å². The molecule has 1 aromatic rings. The van der Waals surface area contributed by atoms with Gasteiger partial charge in [-0.25, -0.2) is 0 Å². The Kier molecular flexibility index (Phi) is 6.42. The van der Waals surface area contributed by atoms with Gasteiger partial charge in [-0.2, -0.15) is 0 Å². The third-order valence-corrected chi connectivity index (χ3v) is 5.67. The molecule has 0 bridgehead atoms. The molecule has 7 heteroatoms. The zero-order chi connectivity index (χ0) is 19.2. The summed E-state index contributed by atoms with van der Waals surface area (Å²) in [5.41, 5.74) is 0.474. The molecule has 0 aliphatic heterocycles. The molecule has 0 spiro atoms. The van der Waals surface area contributed by atoms with Crippen LogP contribution in [-0.2, 0) is 9.59 Å². The summed E-state index contributed by atoms with van der Waals surface area (Å²) in [5, 5.41) is 16.9. The van der Waals surface area contributed by atoms with Gasteiger partial charge in [0.2, 0.25) is 11.8 Å². The zero-order valence-electron chi connectivity index (χ0n) is 15.5. The van der Waals surface area contributed by atoms with Crippen molar-refractivity contribution < 1.29 is 14.5 Å². The number of nitro benzene ring substituents is 1. The van der Waals surface area contributed by atoms with E-state index in [9.17, 15) is 19.7 Å². The van der Waals surface area contributed by atoms with Crippen LogP contribution in [0.3, 0.4) is 0 Å². The van der Waals surface area contributed by atoms with Crippen LogP contribution in [0.25, 0.3) is 0 Å². The van der Waals surface area contributed by atoms with E-state index in [1.54, 1.807) is 0 Å². The Balaban J connectivity index is 1.72. The molecule has 0 heterocycles. The van der Waals surface area contributed by atoms with E-state index in [0.29, 0.717) is 5.69 Å². The number of hydrogen-bond acceptors (Lipinski definition) is 4. The summed E-state index contributed by atoms with van der Waals surface area (Å²) in [6, 6.07) is 4.36. The first-order chi connectivity index (χ1) is 13.0. The number of nitrogens with zero attached hydrogens (tertiary/aromatic N) is 1. The van der Waals surface area contributed by atoms with Crippen molar-refractivity contribution in [3.63, 3.8) is 0 Å². The first-order valence-electron chi connectivity index (χ1n) is 9.95. The Hall–Kier alpha value is -2.44. The number of hydrogen-bond donors (Lipinski definition) is 2. The highest BCUT2D eigenvalue weighted by atomic mass is 16.6. The minimum Gasteiger partial charge on any atom is -0.326 e. The number of anilines is 2. The highest BCUT2D eigenvalue weighted by Crippen LogP contribution is 2.31. The summed E-state index contributed by atoms with van der Waals surface area (Å²) in [6.07, 6.45) is 9.83. The Bertz CT molecular complexity index is 707. The lowest BCUT2D eigenvalue weighted by atomic mass is 9.88. The number of carbonyl (C=O) groups is 2. The highest BCUT2D eigenvalue weighted by molar-refractivity contribution is 5.97. The Morgan fingerprint density at radius 2 is 1.37 bits per heavy atom. The highest BCUT2D eigenvalue weighted by Gasteiger charge is 2.25. The van der Waals surface area contributed by atoms with Crippen molar-refractivity contribution in [1.29, 1.82) is 0 Å². The zero-order valence-corrected chi connectivity index (χ0v) is 15.5. The van der Waals surface area contributed by atoms with Crippen LogP contribution in [0.2, 0.25) is 0 Å². The molecule has 0 radical (unpaired) electrons. The third kappa shape index (κ3) is 5.05. The fourth-order valence-corrected chi connectivity index (χ4v) is 4.08. The molecule has 2 N–H and O–H groups in total. The van der Waals surface area contributed by atoms with E-state index in [1.807, 2.05) is 0 Å². The lowest BCUT2D eigenvalue weighted by Crippen LogP contribution is -2.26. The average Bonchev–Trinajstić information content (AvgIpc) is 2.69. The van der Waals surface area contributed by atoms with E-state index in [1.165, 1.54) is 24.6 Å². The maximum absolute atomic E-state index is 12.5. The first-order valence-corrected chi connectivity index (χ1v) is 9.95. The van der Waals surface area contributed by atoms with Crippen molar-refractivity contribution in [3.05, 3.63) is 28.3 Å². The summed E-state index contributed by atoms with van der Waals surface area (Å²) >= 11 is 0. The summed E-state index contributed by atoms with van der Waals surface area (Å²) in [7, 11) is 0. The van der Waals surface area contributed by atoms with Gasteiger partial charge in [-0.05, 0) is 37.8 Å². The Morgan fingerprint density at radius 1 is 0.852 bits per heavy atom. The van der Waals surface area contributed by atoms with Gasteiger partial charge in [0.15, 0.2) is 0 Å². The molecule has 2 fully saturated rings. The lowest BCUT2D eigenvalue weighted by molar-refractivity contribution is -0.383. The number of amides is 2. The molecule has 3 rings (SSSR count). The molecule has 0 unspecified atom stereocenters. The molecule has 2 amide bonds. The van der Waals surface area contributed by atoms with Crippen LogP contribution >= 0.6 is 0 Å². The maximum Gasteiger partial charge on any atom is 0.292 e. The van der Waals surface area contributed by atoms with Crippen LogP contribution in [0, 0.1) is 22.0 Å².